The molecule has 1 aromatic heterocycles. The van der Waals surface area contributed by atoms with E-state index in [9.17, 15) is 0 Å². The van der Waals surface area contributed by atoms with Gasteiger partial charge in [-0.2, -0.15) is 0 Å². The summed E-state index contributed by atoms with van der Waals surface area (Å²) < 4.78 is 7.66. The third-order valence-corrected chi connectivity index (χ3v) is 3.37. The summed E-state index contributed by atoms with van der Waals surface area (Å²) >= 11 is 3.43. The minimum Gasteiger partial charge on any atom is -0.369 e. The van der Waals surface area contributed by atoms with E-state index in [1.807, 2.05) is 30.3 Å². The third-order valence-electron chi connectivity index (χ3n) is 2.86. The van der Waals surface area contributed by atoms with Gasteiger partial charge in [0, 0.05) is 13.7 Å². The zero-order valence-electron chi connectivity index (χ0n) is 10.5. The maximum Gasteiger partial charge on any atom is 0.166 e. The van der Waals surface area contributed by atoms with Crippen molar-refractivity contribution in [3.8, 4) is 0 Å². The lowest BCUT2D eigenvalue weighted by Gasteiger charge is -2.16. The van der Waals surface area contributed by atoms with Crippen LogP contribution in [0, 0.1) is 0 Å². The van der Waals surface area contributed by atoms with E-state index in [0.29, 0.717) is 5.33 Å². The van der Waals surface area contributed by atoms with Gasteiger partial charge in [0.1, 0.15) is 11.9 Å². The van der Waals surface area contributed by atoms with Crippen molar-refractivity contribution in [1.82, 2.24) is 14.8 Å². The van der Waals surface area contributed by atoms with E-state index in [2.05, 4.69) is 37.6 Å². The molecule has 0 bridgehead atoms. The van der Waals surface area contributed by atoms with E-state index >= 15 is 0 Å². The second kappa shape index (κ2) is 6.11. The fourth-order valence-corrected chi connectivity index (χ4v) is 2.42. The molecule has 4 nitrogen and oxygen atoms in total. The first-order valence-electron chi connectivity index (χ1n) is 5.87. The Kier molecular flexibility index (Phi) is 4.49. The van der Waals surface area contributed by atoms with Gasteiger partial charge in [0.05, 0.1) is 5.33 Å². The van der Waals surface area contributed by atoms with Crippen LogP contribution in [0.1, 0.15) is 30.2 Å². The third kappa shape index (κ3) is 2.47. The van der Waals surface area contributed by atoms with Gasteiger partial charge in [-0.15, -0.1) is 10.2 Å². The number of benzene rings is 1. The molecular weight excluding hydrogens is 294 g/mol. The molecule has 0 amide bonds. The Balaban J connectivity index is 2.42. The van der Waals surface area contributed by atoms with Crippen molar-refractivity contribution >= 4 is 15.9 Å². The highest BCUT2D eigenvalue weighted by Crippen LogP contribution is 2.24. The predicted molar refractivity (Wildman–Crippen MR) is 73.6 cm³/mol. The van der Waals surface area contributed by atoms with E-state index in [1.54, 1.807) is 7.11 Å². The summed E-state index contributed by atoms with van der Waals surface area (Å²) in [6.07, 6.45) is -0.175. The first-order chi connectivity index (χ1) is 8.81. The van der Waals surface area contributed by atoms with Gasteiger partial charge in [0.2, 0.25) is 0 Å². The van der Waals surface area contributed by atoms with E-state index in [4.69, 9.17) is 4.74 Å². The molecule has 0 N–H and O–H groups in total. The van der Waals surface area contributed by atoms with E-state index in [1.165, 1.54) is 0 Å². The van der Waals surface area contributed by atoms with Crippen molar-refractivity contribution in [2.24, 2.45) is 0 Å². The van der Waals surface area contributed by atoms with Crippen LogP contribution in [0.2, 0.25) is 0 Å². The Labute approximate surface area is 115 Å². The molecule has 2 rings (SSSR count). The molecule has 1 heterocycles. The lowest BCUT2D eigenvalue weighted by atomic mass is 10.1. The molecule has 1 aromatic carbocycles. The highest BCUT2D eigenvalue weighted by atomic mass is 79.9. The van der Waals surface area contributed by atoms with Gasteiger partial charge in [-0.05, 0) is 12.5 Å². The molecule has 0 radical (unpaired) electrons. The summed E-state index contributed by atoms with van der Waals surface area (Å²) in [6, 6.07) is 10.1. The van der Waals surface area contributed by atoms with E-state index in [-0.39, 0.29) is 6.10 Å². The van der Waals surface area contributed by atoms with Crippen LogP contribution in [0.25, 0.3) is 0 Å². The molecule has 96 valence electrons. The summed E-state index contributed by atoms with van der Waals surface area (Å²) in [5, 5.41) is 9.14. The Hall–Kier alpha value is -1.20. The van der Waals surface area contributed by atoms with Crippen LogP contribution in [0.5, 0.6) is 0 Å². The van der Waals surface area contributed by atoms with E-state index in [0.717, 1.165) is 23.8 Å². The van der Waals surface area contributed by atoms with Crippen molar-refractivity contribution in [1.29, 1.82) is 0 Å². The van der Waals surface area contributed by atoms with Gasteiger partial charge in [0.15, 0.2) is 5.82 Å². The average molecular weight is 310 g/mol. The van der Waals surface area contributed by atoms with Crippen LogP contribution < -0.4 is 0 Å². The average Bonchev–Trinajstić information content (AvgIpc) is 2.83. The number of hydrogen-bond acceptors (Lipinski definition) is 3. The quantitative estimate of drug-likeness (QED) is 0.797. The summed E-state index contributed by atoms with van der Waals surface area (Å²) in [5.41, 5.74) is 1.09. The number of rotatable bonds is 5. The van der Waals surface area contributed by atoms with Gasteiger partial charge in [-0.25, -0.2) is 0 Å². The van der Waals surface area contributed by atoms with Crippen LogP contribution in [-0.4, -0.2) is 21.9 Å². The fourth-order valence-electron chi connectivity index (χ4n) is 2.00. The smallest absolute Gasteiger partial charge is 0.166 e. The predicted octanol–water partition coefficient (Wildman–Crippen LogP) is 2.93. The minimum atomic E-state index is -0.175. The van der Waals surface area contributed by atoms with Crippen LogP contribution in [0.3, 0.4) is 0 Å². The van der Waals surface area contributed by atoms with Crippen LogP contribution in [-0.2, 0) is 16.6 Å². The molecule has 5 heteroatoms. The molecule has 2 aromatic rings. The SMILES string of the molecule is CCn1c(CBr)nnc1C(OC)c1ccccc1. The highest BCUT2D eigenvalue weighted by molar-refractivity contribution is 9.08. The van der Waals surface area contributed by atoms with Crippen molar-refractivity contribution in [3.05, 3.63) is 47.5 Å². The maximum absolute atomic E-state index is 5.58. The molecule has 1 atom stereocenters. The largest absolute Gasteiger partial charge is 0.369 e. The second-order valence-electron chi connectivity index (χ2n) is 3.88. The van der Waals surface area contributed by atoms with Gasteiger partial charge in [-0.3, -0.25) is 0 Å². The van der Waals surface area contributed by atoms with Gasteiger partial charge >= 0.3 is 0 Å². The first kappa shape index (κ1) is 13.2. The highest BCUT2D eigenvalue weighted by Gasteiger charge is 2.21. The molecular formula is C13H16BrN3O. The normalized spacial score (nSPS) is 12.6. The molecule has 18 heavy (non-hydrogen) atoms. The molecule has 0 saturated carbocycles. The molecule has 0 fully saturated rings. The standard InChI is InChI=1S/C13H16BrN3O/c1-3-17-11(9-14)15-16-13(17)12(18-2)10-7-5-4-6-8-10/h4-8,12H,3,9H2,1-2H3. The Bertz CT molecular complexity index is 498. The summed E-state index contributed by atoms with van der Waals surface area (Å²) in [5.74, 6) is 1.77. The Morgan fingerprint density at radius 3 is 2.56 bits per heavy atom. The zero-order chi connectivity index (χ0) is 13.0. The number of methoxy groups -OCH3 is 1. The Morgan fingerprint density at radius 2 is 2.00 bits per heavy atom. The van der Waals surface area contributed by atoms with Gasteiger partial charge < -0.3 is 9.30 Å². The minimum absolute atomic E-state index is 0.175. The zero-order valence-corrected chi connectivity index (χ0v) is 12.1. The number of ether oxygens (including phenoxy) is 1. The summed E-state index contributed by atoms with van der Waals surface area (Å²) in [4.78, 5) is 0. The van der Waals surface area contributed by atoms with Crippen molar-refractivity contribution in [2.45, 2.75) is 24.9 Å². The Morgan fingerprint density at radius 1 is 1.28 bits per heavy atom. The number of alkyl halides is 1. The lowest BCUT2D eigenvalue weighted by molar-refractivity contribution is 0.125. The van der Waals surface area contributed by atoms with Crippen LogP contribution in [0.4, 0.5) is 0 Å². The molecule has 0 aliphatic carbocycles. The monoisotopic (exact) mass is 309 g/mol. The number of nitrogens with zero attached hydrogens (tertiary/aromatic N) is 3. The van der Waals surface area contributed by atoms with Crippen molar-refractivity contribution in [3.63, 3.8) is 0 Å². The first-order valence-corrected chi connectivity index (χ1v) is 6.99. The number of halogens is 1. The number of hydrogen-bond donors (Lipinski definition) is 0. The second-order valence-corrected chi connectivity index (χ2v) is 4.44. The van der Waals surface area contributed by atoms with Crippen LogP contribution in [0.15, 0.2) is 30.3 Å². The summed E-state index contributed by atoms with van der Waals surface area (Å²) in [6.45, 7) is 2.91. The molecule has 0 aliphatic heterocycles. The molecule has 0 spiro atoms. The molecule has 0 saturated heterocycles. The fraction of sp³-hybridized carbons (Fsp3) is 0.385. The van der Waals surface area contributed by atoms with Crippen LogP contribution >= 0.6 is 15.9 Å². The lowest BCUT2D eigenvalue weighted by Crippen LogP contribution is -2.12. The van der Waals surface area contributed by atoms with Crippen molar-refractivity contribution in [2.75, 3.05) is 7.11 Å². The van der Waals surface area contributed by atoms with E-state index < -0.39 is 0 Å². The molecule has 0 aliphatic rings. The molecule has 1 unspecified atom stereocenters. The maximum atomic E-state index is 5.58. The van der Waals surface area contributed by atoms with Crippen molar-refractivity contribution < 1.29 is 4.74 Å². The topological polar surface area (TPSA) is 39.9 Å². The summed E-state index contributed by atoms with van der Waals surface area (Å²) in [7, 11) is 1.69. The van der Waals surface area contributed by atoms with Gasteiger partial charge in [0.25, 0.3) is 0 Å². The van der Waals surface area contributed by atoms with Gasteiger partial charge in [-0.1, -0.05) is 46.3 Å². The number of aromatic nitrogens is 3.